The van der Waals surface area contributed by atoms with E-state index in [0.717, 1.165) is 17.3 Å². The molecule has 0 atom stereocenters. The fraction of sp³-hybridized carbons (Fsp3) is 0.370. The minimum atomic E-state index is -4.41. The van der Waals surface area contributed by atoms with E-state index in [2.05, 4.69) is 20.2 Å². The van der Waals surface area contributed by atoms with E-state index in [4.69, 9.17) is 4.74 Å². The van der Waals surface area contributed by atoms with Crippen molar-refractivity contribution < 1.29 is 22.7 Å². The molecule has 1 aromatic heterocycles. The lowest BCUT2D eigenvalue weighted by molar-refractivity contribution is -0.137. The lowest BCUT2D eigenvalue weighted by atomic mass is 10.0. The van der Waals surface area contributed by atoms with Gasteiger partial charge in [-0.15, -0.1) is 0 Å². The Hall–Kier alpha value is -3.82. The van der Waals surface area contributed by atoms with Crippen LogP contribution in [0.4, 0.5) is 29.5 Å². The van der Waals surface area contributed by atoms with Gasteiger partial charge in [0.05, 0.1) is 17.9 Å². The molecule has 1 saturated heterocycles. The summed E-state index contributed by atoms with van der Waals surface area (Å²) in [5.74, 6) is 1.90. The summed E-state index contributed by atoms with van der Waals surface area (Å²) in [6, 6.07) is 12.4. The van der Waals surface area contributed by atoms with Gasteiger partial charge in [-0.05, 0) is 44.5 Å². The number of para-hydroxylation sites is 2. The van der Waals surface area contributed by atoms with Gasteiger partial charge in [0.25, 0.3) is 0 Å². The maximum atomic E-state index is 13.2. The molecule has 4 rings (SSSR count). The molecule has 3 aromatic rings. The second kappa shape index (κ2) is 11.1. The number of benzene rings is 2. The Balaban J connectivity index is 1.48. The lowest BCUT2D eigenvalue weighted by Crippen LogP contribution is -2.50. The number of aromatic nitrogens is 2. The van der Waals surface area contributed by atoms with E-state index in [0.29, 0.717) is 61.4 Å². The number of alkyl halides is 3. The lowest BCUT2D eigenvalue weighted by Gasteiger charge is -2.36. The number of halogens is 3. The molecule has 196 valence electrons. The monoisotopic (exact) mass is 513 g/mol. The van der Waals surface area contributed by atoms with Gasteiger partial charge in [0.1, 0.15) is 17.4 Å². The summed E-state index contributed by atoms with van der Waals surface area (Å²) >= 11 is 0. The van der Waals surface area contributed by atoms with E-state index in [-0.39, 0.29) is 12.5 Å². The standard InChI is InChI=1S/C27H30F3N5O2/c1-4-37-24-11-6-5-10-23(24)33-26(36)35-14-12-34(13-15-35)25-22(18(2)31-19(3)32-25)17-20-8-7-9-21(16-20)27(28,29)30/h5-11,16H,4,12-15,17H2,1-3H3,(H,33,36). The van der Waals surface area contributed by atoms with Crippen LogP contribution in [0, 0.1) is 13.8 Å². The van der Waals surface area contributed by atoms with Crippen LogP contribution in [0.15, 0.2) is 48.5 Å². The fourth-order valence-electron chi connectivity index (χ4n) is 4.41. The predicted molar refractivity (Wildman–Crippen MR) is 136 cm³/mol. The van der Waals surface area contributed by atoms with Crippen LogP contribution in [0.2, 0.25) is 0 Å². The molecule has 10 heteroatoms. The average molecular weight is 514 g/mol. The normalized spacial score (nSPS) is 14.0. The van der Waals surface area contributed by atoms with Crippen molar-refractivity contribution in [1.29, 1.82) is 0 Å². The highest BCUT2D eigenvalue weighted by Crippen LogP contribution is 2.31. The Labute approximate surface area is 214 Å². The molecule has 2 aromatic carbocycles. The number of nitrogens with zero attached hydrogens (tertiary/aromatic N) is 4. The Kier molecular flexibility index (Phi) is 7.85. The summed E-state index contributed by atoms with van der Waals surface area (Å²) in [7, 11) is 0. The van der Waals surface area contributed by atoms with Crippen molar-refractivity contribution in [1.82, 2.24) is 14.9 Å². The minimum absolute atomic E-state index is 0.217. The van der Waals surface area contributed by atoms with E-state index in [9.17, 15) is 18.0 Å². The molecular weight excluding hydrogens is 483 g/mol. The van der Waals surface area contributed by atoms with Crippen LogP contribution in [0.5, 0.6) is 5.75 Å². The molecule has 0 spiro atoms. The number of piperazine rings is 1. The van der Waals surface area contributed by atoms with Gasteiger partial charge in [-0.25, -0.2) is 14.8 Å². The first kappa shape index (κ1) is 26.2. The van der Waals surface area contributed by atoms with Gasteiger partial charge in [-0.1, -0.05) is 30.3 Å². The molecule has 0 aliphatic carbocycles. The third kappa shape index (κ3) is 6.31. The van der Waals surface area contributed by atoms with Crippen LogP contribution in [0.3, 0.4) is 0 Å². The van der Waals surface area contributed by atoms with E-state index < -0.39 is 11.7 Å². The molecule has 1 aliphatic rings. The van der Waals surface area contributed by atoms with Crippen molar-refractivity contribution >= 4 is 17.5 Å². The van der Waals surface area contributed by atoms with Crippen LogP contribution in [-0.2, 0) is 12.6 Å². The van der Waals surface area contributed by atoms with E-state index in [1.54, 1.807) is 24.0 Å². The average Bonchev–Trinajstić information content (AvgIpc) is 2.86. The van der Waals surface area contributed by atoms with Crippen molar-refractivity contribution in [2.75, 3.05) is 43.0 Å². The van der Waals surface area contributed by atoms with Gasteiger partial charge in [0.2, 0.25) is 0 Å². The molecule has 2 heterocycles. The molecule has 0 bridgehead atoms. The van der Waals surface area contributed by atoms with E-state index in [1.807, 2.05) is 32.0 Å². The highest BCUT2D eigenvalue weighted by molar-refractivity contribution is 5.91. The molecule has 37 heavy (non-hydrogen) atoms. The van der Waals surface area contributed by atoms with Crippen molar-refractivity contribution in [3.05, 3.63) is 76.7 Å². The van der Waals surface area contributed by atoms with Crippen LogP contribution in [-0.4, -0.2) is 53.7 Å². The predicted octanol–water partition coefficient (Wildman–Crippen LogP) is 5.46. The molecule has 0 saturated carbocycles. The van der Waals surface area contributed by atoms with E-state index >= 15 is 0 Å². The topological polar surface area (TPSA) is 70.6 Å². The third-order valence-corrected chi connectivity index (χ3v) is 6.23. The molecular formula is C27H30F3N5O2. The smallest absolute Gasteiger partial charge is 0.416 e. The summed E-state index contributed by atoms with van der Waals surface area (Å²) in [5, 5.41) is 2.93. The van der Waals surface area contributed by atoms with Gasteiger partial charge in [0.15, 0.2) is 0 Å². The molecule has 2 amide bonds. The fourth-order valence-corrected chi connectivity index (χ4v) is 4.41. The van der Waals surface area contributed by atoms with Crippen molar-refractivity contribution in [2.45, 2.75) is 33.4 Å². The first-order valence-electron chi connectivity index (χ1n) is 12.2. The molecule has 0 unspecified atom stereocenters. The Morgan fingerprint density at radius 1 is 1.03 bits per heavy atom. The number of amides is 2. The maximum Gasteiger partial charge on any atom is 0.416 e. The number of carbonyl (C=O) groups excluding carboxylic acids is 1. The van der Waals surface area contributed by atoms with Gasteiger partial charge < -0.3 is 19.9 Å². The summed E-state index contributed by atoms with van der Waals surface area (Å²) in [6.45, 7) is 8.02. The van der Waals surface area contributed by atoms with Gasteiger partial charge in [0, 0.05) is 43.9 Å². The Morgan fingerprint density at radius 2 is 1.76 bits per heavy atom. The first-order valence-corrected chi connectivity index (χ1v) is 12.2. The molecule has 1 fully saturated rings. The van der Waals surface area contributed by atoms with Gasteiger partial charge in [-0.2, -0.15) is 13.2 Å². The summed E-state index contributed by atoms with van der Waals surface area (Å²) < 4.78 is 45.3. The highest BCUT2D eigenvalue weighted by atomic mass is 19.4. The zero-order valence-corrected chi connectivity index (χ0v) is 21.1. The molecule has 7 nitrogen and oxygen atoms in total. The largest absolute Gasteiger partial charge is 0.492 e. The molecule has 1 aliphatic heterocycles. The zero-order valence-electron chi connectivity index (χ0n) is 21.1. The summed E-state index contributed by atoms with van der Waals surface area (Å²) in [4.78, 5) is 25.8. The zero-order chi connectivity index (χ0) is 26.6. The summed E-state index contributed by atoms with van der Waals surface area (Å²) in [6.07, 6.45) is -4.13. The molecule has 1 N–H and O–H groups in total. The molecule has 0 radical (unpaired) electrons. The number of ether oxygens (including phenoxy) is 1. The van der Waals surface area contributed by atoms with E-state index in [1.165, 1.54) is 12.1 Å². The number of rotatable bonds is 6. The van der Waals surface area contributed by atoms with Gasteiger partial charge in [-0.3, -0.25) is 0 Å². The highest BCUT2D eigenvalue weighted by Gasteiger charge is 2.31. The first-order chi connectivity index (χ1) is 17.7. The number of hydrogen-bond acceptors (Lipinski definition) is 5. The number of carbonyl (C=O) groups is 1. The van der Waals surface area contributed by atoms with Crippen molar-refractivity contribution in [3.8, 4) is 5.75 Å². The second-order valence-electron chi connectivity index (χ2n) is 8.87. The SMILES string of the molecule is CCOc1ccccc1NC(=O)N1CCN(c2nc(C)nc(C)c2Cc2cccc(C(F)(F)F)c2)CC1. The van der Waals surface area contributed by atoms with Crippen LogP contribution >= 0.6 is 0 Å². The van der Waals surface area contributed by atoms with Crippen LogP contribution in [0.1, 0.15) is 35.1 Å². The number of anilines is 2. The number of hydrogen-bond donors (Lipinski definition) is 1. The van der Waals surface area contributed by atoms with Crippen LogP contribution < -0.4 is 15.0 Å². The third-order valence-electron chi connectivity index (χ3n) is 6.23. The number of aryl methyl sites for hydroxylation is 2. The summed E-state index contributed by atoms with van der Waals surface area (Å²) in [5.41, 5.74) is 1.99. The maximum absolute atomic E-state index is 13.2. The van der Waals surface area contributed by atoms with Gasteiger partial charge >= 0.3 is 12.2 Å². The van der Waals surface area contributed by atoms with Crippen LogP contribution in [0.25, 0.3) is 0 Å². The van der Waals surface area contributed by atoms with Crippen molar-refractivity contribution in [2.24, 2.45) is 0 Å². The second-order valence-corrected chi connectivity index (χ2v) is 8.87. The minimum Gasteiger partial charge on any atom is -0.492 e. The Bertz CT molecular complexity index is 1260. The number of urea groups is 1. The van der Waals surface area contributed by atoms with Crippen molar-refractivity contribution in [3.63, 3.8) is 0 Å². The number of nitrogens with one attached hydrogen (secondary N) is 1. The quantitative estimate of drug-likeness (QED) is 0.474. The Morgan fingerprint density at radius 3 is 2.46 bits per heavy atom.